The third kappa shape index (κ3) is 438. The Hall–Kier alpha value is -10.3. The van der Waals surface area contributed by atoms with E-state index in [1.54, 1.807) is 122 Å². The first-order valence-electron chi connectivity index (χ1n) is 45.5. The summed E-state index contributed by atoms with van der Waals surface area (Å²) in [6.45, 7) is 97.5. The van der Waals surface area contributed by atoms with E-state index in [0.717, 1.165) is 88.8 Å². The number of aromatic nitrogens is 29. The van der Waals surface area contributed by atoms with E-state index in [-0.39, 0.29) is 0 Å². The lowest BCUT2D eigenvalue weighted by Crippen LogP contribution is -1.66. The summed E-state index contributed by atoms with van der Waals surface area (Å²) in [4.78, 5) is 23.6. The van der Waals surface area contributed by atoms with Crippen LogP contribution in [0.5, 0.6) is 0 Å². The molecule has 0 amide bonds. The molecular formula is C97H193N29O4S5. The summed E-state index contributed by atoms with van der Waals surface area (Å²) in [5.74, 6) is 12.5. The van der Waals surface area contributed by atoms with E-state index in [2.05, 4.69) is 474 Å². The van der Waals surface area contributed by atoms with Gasteiger partial charge in [-0.3, -0.25) is 15.2 Å². The van der Waals surface area contributed by atoms with Gasteiger partial charge in [-0.05, 0) is 154 Å². The molecule has 0 radical (unpaired) electrons. The van der Waals surface area contributed by atoms with Crippen molar-refractivity contribution in [3.63, 3.8) is 0 Å². The fourth-order valence-corrected chi connectivity index (χ4v) is 4.07. The summed E-state index contributed by atoms with van der Waals surface area (Å²) in [6.07, 6.45) is 43.1. The number of H-pyrrole nitrogens is 6. The van der Waals surface area contributed by atoms with E-state index in [1.807, 2.05) is 52.8 Å². The Balaban J connectivity index is -0.0000000850. The van der Waals surface area contributed by atoms with Crippen LogP contribution in [0.3, 0.4) is 0 Å². The van der Waals surface area contributed by atoms with E-state index >= 15 is 0 Å². The average Bonchev–Trinajstić information content (AvgIpc) is 2.12. The Morgan fingerprint density at radius 3 is 0.807 bits per heavy atom. The van der Waals surface area contributed by atoms with Gasteiger partial charge in [0, 0.05) is 71.0 Å². The number of thiazole rings is 1. The van der Waals surface area contributed by atoms with E-state index in [0.29, 0.717) is 0 Å². The Bertz CT molecular complexity index is 2350. The number of imidazole rings is 1. The zero-order chi connectivity index (χ0) is 107. The maximum absolute atomic E-state index is 4.33. The first-order chi connectivity index (χ1) is 63.5. The second kappa shape index (κ2) is 155. The highest BCUT2D eigenvalue weighted by atomic mass is 32.1. The standard InChI is InChI=1S/C4H5N.15C4H10.2C3H4N2.C3H3NO.2C3H3NS.3C2H3N3.3C2H2N2O.3C2H2N2S/c1-2-4-5-3-1;15*1-4(2)3;1-2-5-3-4-1;2*1-2-4-5-3-1;1-2-5-3-4-1;1-2-4-5-3-1;1-3-2-5-4-1;2*1-2-4-5-3-1;1-3-2-5-4-1;1-2-5-4-3-1;1-2-4-5-3-1;1-3-2-5-4-1;1-2-5-4-3-1;1-2-4-5-3-1/h1-5H;15*4H,1-3H3;2*1-3H,(H,4,5);3*1-3H;3*1-2H,(H,3,4,5);6*1-2H. The van der Waals surface area contributed by atoms with Crippen molar-refractivity contribution in [1.82, 2.24) is 144 Å². The summed E-state index contributed by atoms with van der Waals surface area (Å²) in [6, 6.07) is 9.35. The molecule has 0 atom stereocenters. The summed E-state index contributed by atoms with van der Waals surface area (Å²) in [5, 5.41) is 59.5. The summed E-state index contributed by atoms with van der Waals surface area (Å²) < 4.78 is 35.1. The summed E-state index contributed by atoms with van der Waals surface area (Å²) >= 11 is 6.98. The number of rotatable bonds is 0. The maximum Gasteiger partial charge on any atom is 0.213 e. The van der Waals surface area contributed by atoms with Gasteiger partial charge in [-0.25, -0.2) is 28.9 Å². The molecule has 0 aliphatic rings. The molecule has 0 aromatic carbocycles. The van der Waals surface area contributed by atoms with Gasteiger partial charge in [0.05, 0.1) is 91.7 Å². The van der Waals surface area contributed by atoms with Gasteiger partial charge in [-0.1, -0.05) is 337 Å². The van der Waals surface area contributed by atoms with Crippen LogP contribution in [0.4, 0.5) is 0 Å². The quantitative estimate of drug-likeness (QED) is 0.0821. The van der Waals surface area contributed by atoms with E-state index in [1.165, 1.54) is 109 Å². The van der Waals surface area contributed by atoms with Crippen LogP contribution in [-0.4, -0.2) is 144 Å². The van der Waals surface area contributed by atoms with Crippen LogP contribution in [0.15, 0.2) is 244 Å². The minimum Gasteiger partial charge on any atom is -0.368 e. The molecule has 0 fully saturated rings. The molecule has 0 aliphatic carbocycles. The third-order valence-corrected chi connectivity index (χ3v) is 7.38. The molecule has 780 valence electrons. The predicted molar refractivity (Wildman–Crippen MR) is 578 cm³/mol. The largest absolute Gasteiger partial charge is 0.368 e. The second-order valence-electron chi connectivity index (χ2n) is 35.9. The molecule has 15 aromatic rings. The zero-order valence-electron chi connectivity index (χ0n) is 92.0. The molecule has 38 heteroatoms. The van der Waals surface area contributed by atoms with Gasteiger partial charge >= 0.3 is 0 Å². The van der Waals surface area contributed by atoms with Gasteiger partial charge in [-0.15, -0.1) is 21.5 Å². The van der Waals surface area contributed by atoms with E-state index in [4.69, 9.17) is 0 Å². The number of nitrogens with zero attached hydrogens (tertiary/aromatic N) is 23. The van der Waals surface area contributed by atoms with Crippen molar-refractivity contribution in [3.05, 3.63) is 226 Å². The number of hydrogen-bond acceptors (Lipinski definition) is 32. The Kier molecular flexibility index (Phi) is 182. The Labute approximate surface area is 840 Å². The molecular weight excluding hydrogens is 1800 g/mol. The fourth-order valence-electron chi connectivity index (χ4n) is 2.55. The lowest BCUT2D eigenvalue weighted by molar-refractivity contribution is 0.307. The monoisotopic (exact) mass is 1990 g/mol. The summed E-state index contributed by atoms with van der Waals surface area (Å²) in [7, 11) is 0. The van der Waals surface area contributed by atoms with E-state index in [9.17, 15) is 0 Å². The third-order valence-electron chi connectivity index (χ3n) is 5.04. The highest BCUT2D eigenvalue weighted by Crippen LogP contribution is 1.90. The molecule has 6 N–H and O–H groups in total. The molecule has 0 unspecified atom stereocenters. The minimum absolute atomic E-state index is 0.833. The number of nitrogens with one attached hydrogen (secondary N) is 6. The zero-order valence-corrected chi connectivity index (χ0v) is 96.1. The first-order valence-corrected chi connectivity index (χ1v) is 49.7. The van der Waals surface area contributed by atoms with Crippen LogP contribution in [0, 0.1) is 88.8 Å². The van der Waals surface area contributed by atoms with Gasteiger partial charge in [0.15, 0.2) is 6.33 Å². The van der Waals surface area contributed by atoms with Crippen molar-refractivity contribution in [2.45, 2.75) is 312 Å². The molecule has 33 nitrogen and oxygen atoms in total. The molecule has 0 spiro atoms. The highest BCUT2D eigenvalue weighted by molar-refractivity contribution is 7.07. The number of hydrogen-bond donors (Lipinski definition) is 6. The van der Waals surface area contributed by atoms with Crippen LogP contribution in [-0.2, 0) is 0 Å². The molecule has 0 saturated heterocycles. The average molecular weight is 1990 g/mol. The minimum atomic E-state index is 0.833. The van der Waals surface area contributed by atoms with Crippen molar-refractivity contribution in [2.75, 3.05) is 0 Å². The summed E-state index contributed by atoms with van der Waals surface area (Å²) in [5.41, 5.74) is 3.47. The van der Waals surface area contributed by atoms with Gasteiger partial charge in [0.1, 0.15) is 37.0 Å². The van der Waals surface area contributed by atoms with Gasteiger partial charge < -0.3 is 23.5 Å². The molecule has 0 saturated carbocycles. The smallest absolute Gasteiger partial charge is 0.213 e. The topological polar surface area (TPSA) is 444 Å². The SMILES string of the molecule is CC(C)C.CC(C)C.CC(C)C.CC(C)C.CC(C)C.CC(C)C.CC(C)C.CC(C)C.CC(C)C.CC(C)C.CC(C)C.CC(C)C.CC(C)C.CC(C)C.CC(C)C.c1c[nH]cn1.c1cc[nH]c1.c1cn[nH]c1.c1cn[nH]n1.c1cn[nH]n1.c1cnoc1.c1cnon1.c1cnsc1.c1cnsn1.c1conn1.c1cscn1.c1csnn1.c1nc[nH]n1.c1ncon1.c1ncsn1. The van der Waals surface area contributed by atoms with Gasteiger partial charge in [0.25, 0.3) is 0 Å². The van der Waals surface area contributed by atoms with Gasteiger partial charge in [-0.2, -0.15) is 54.1 Å². The molecule has 0 aliphatic heterocycles. The van der Waals surface area contributed by atoms with Crippen molar-refractivity contribution < 1.29 is 18.2 Å². The van der Waals surface area contributed by atoms with E-state index < -0.39 is 0 Å². The molecule has 15 heterocycles. The second-order valence-corrected chi connectivity index (χ2v) is 39.2. The van der Waals surface area contributed by atoms with Crippen LogP contribution >= 0.6 is 57.7 Å². The Morgan fingerprint density at radius 1 is 0.244 bits per heavy atom. The lowest BCUT2D eigenvalue weighted by atomic mass is 10.3. The van der Waals surface area contributed by atoms with Crippen LogP contribution in [0.25, 0.3) is 0 Å². The van der Waals surface area contributed by atoms with Crippen molar-refractivity contribution >= 4 is 57.7 Å². The molecule has 15 aromatic heterocycles. The lowest BCUT2D eigenvalue weighted by Gasteiger charge is -1.79. The van der Waals surface area contributed by atoms with Crippen LogP contribution < -0.4 is 0 Å². The number of aromatic amines is 6. The Morgan fingerprint density at radius 2 is 0.704 bits per heavy atom. The molecule has 0 bridgehead atoms. The fraction of sp³-hybridized carbons (Fsp3) is 0.619. The maximum atomic E-state index is 4.33. The predicted octanol–water partition coefficient (Wildman–Crippen LogP) is 31.0. The molecule has 15 rings (SSSR count). The highest BCUT2D eigenvalue weighted by Gasteiger charge is 1.77. The van der Waals surface area contributed by atoms with Crippen LogP contribution in [0.2, 0.25) is 0 Å². The van der Waals surface area contributed by atoms with Crippen molar-refractivity contribution in [2.24, 2.45) is 88.8 Å². The van der Waals surface area contributed by atoms with Gasteiger partial charge in [0.2, 0.25) is 6.39 Å². The first kappa shape index (κ1) is 159. The normalized spacial score (nSPS) is 8.44. The van der Waals surface area contributed by atoms with Crippen LogP contribution in [0.1, 0.15) is 312 Å². The molecule has 135 heavy (non-hydrogen) atoms. The van der Waals surface area contributed by atoms with Crippen molar-refractivity contribution in [1.29, 1.82) is 0 Å². The van der Waals surface area contributed by atoms with Crippen molar-refractivity contribution in [3.8, 4) is 0 Å².